The maximum Gasteiger partial charge on any atom is 0.225 e. The minimum absolute atomic E-state index is 0.104. The molecule has 3 aliphatic rings. The second-order valence-electron chi connectivity index (χ2n) is 7.25. The molecule has 0 aromatic heterocycles. The first-order valence-electron chi connectivity index (χ1n) is 8.98. The van der Waals surface area contributed by atoms with E-state index in [0.717, 1.165) is 51.9 Å². The predicted molar refractivity (Wildman–Crippen MR) is 89.1 cm³/mol. The van der Waals surface area contributed by atoms with Crippen LogP contribution in [0.4, 0.5) is 0 Å². The Balaban J connectivity index is 1.39. The van der Waals surface area contributed by atoms with Crippen molar-refractivity contribution in [3.63, 3.8) is 0 Å². The molecular weight excluding hydrogens is 288 g/mol. The van der Waals surface area contributed by atoms with Crippen molar-refractivity contribution in [2.24, 2.45) is 11.8 Å². The Labute approximate surface area is 138 Å². The lowest BCUT2D eigenvalue weighted by Gasteiger charge is -2.39. The highest BCUT2D eigenvalue weighted by Gasteiger charge is 2.44. The Kier molecular flexibility index (Phi) is 4.36. The first-order chi connectivity index (χ1) is 11.3. The number of ether oxygens (including phenoxy) is 1. The number of nitrogens with zero attached hydrogens (tertiary/aromatic N) is 1. The van der Waals surface area contributed by atoms with E-state index in [-0.39, 0.29) is 17.9 Å². The van der Waals surface area contributed by atoms with Crippen molar-refractivity contribution in [1.29, 1.82) is 0 Å². The number of likely N-dealkylation sites (tertiary alicyclic amines) is 1. The van der Waals surface area contributed by atoms with Crippen LogP contribution < -0.4 is 5.32 Å². The van der Waals surface area contributed by atoms with Gasteiger partial charge in [0.15, 0.2) is 0 Å². The summed E-state index contributed by atoms with van der Waals surface area (Å²) < 4.78 is 5.92. The van der Waals surface area contributed by atoms with E-state index in [2.05, 4.69) is 40.5 Å². The van der Waals surface area contributed by atoms with Crippen LogP contribution in [0.1, 0.15) is 24.8 Å². The number of hydrogen-bond acceptors (Lipinski definition) is 3. The van der Waals surface area contributed by atoms with Crippen molar-refractivity contribution >= 4 is 5.91 Å². The lowest BCUT2D eigenvalue weighted by molar-refractivity contribution is -0.131. The summed E-state index contributed by atoms with van der Waals surface area (Å²) in [4.78, 5) is 15.0. The average Bonchev–Trinajstić information content (AvgIpc) is 3.26. The zero-order chi connectivity index (χ0) is 15.6. The van der Waals surface area contributed by atoms with Gasteiger partial charge in [0.05, 0.1) is 12.0 Å². The van der Waals surface area contributed by atoms with Gasteiger partial charge in [0.2, 0.25) is 5.91 Å². The van der Waals surface area contributed by atoms with Crippen molar-refractivity contribution in [2.45, 2.75) is 37.8 Å². The molecule has 1 amide bonds. The number of amides is 1. The zero-order valence-electron chi connectivity index (χ0n) is 13.6. The van der Waals surface area contributed by atoms with Gasteiger partial charge in [-0.3, -0.25) is 9.69 Å². The average molecular weight is 314 g/mol. The largest absolute Gasteiger partial charge is 0.377 e. The maximum absolute atomic E-state index is 12.6. The van der Waals surface area contributed by atoms with Crippen molar-refractivity contribution in [1.82, 2.24) is 10.2 Å². The van der Waals surface area contributed by atoms with Gasteiger partial charge in [0.1, 0.15) is 0 Å². The van der Waals surface area contributed by atoms with Crippen LogP contribution in [0.25, 0.3) is 0 Å². The normalized spacial score (nSPS) is 30.9. The third kappa shape index (κ3) is 3.59. The van der Waals surface area contributed by atoms with Gasteiger partial charge in [0, 0.05) is 38.2 Å². The molecule has 0 bridgehead atoms. The minimum atomic E-state index is 0.104. The molecule has 1 N–H and O–H groups in total. The van der Waals surface area contributed by atoms with Crippen molar-refractivity contribution in [3.8, 4) is 0 Å². The van der Waals surface area contributed by atoms with E-state index in [4.69, 9.17) is 4.74 Å². The van der Waals surface area contributed by atoms with Crippen molar-refractivity contribution in [3.05, 3.63) is 35.9 Å². The summed E-state index contributed by atoms with van der Waals surface area (Å²) in [6.07, 6.45) is 4.63. The number of benzene rings is 1. The van der Waals surface area contributed by atoms with Crippen molar-refractivity contribution in [2.75, 3.05) is 26.2 Å². The van der Waals surface area contributed by atoms with E-state index < -0.39 is 0 Å². The molecule has 2 saturated heterocycles. The number of fused-ring (bicyclic) bond motifs is 1. The van der Waals surface area contributed by atoms with E-state index in [9.17, 15) is 4.79 Å². The predicted octanol–water partition coefficient (Wildman–Crippen LogP) is 1.84. The minimum Gasteiger partial charge on any atom is -0.377 e. The Morgan fingerprint density at radius 2 is 2.00 bits per heavy atom. The first kappa shape index (κ1) is 15.2. The molecule has 124 valence electrons. The van der Waals surface area contributed by atoms with Crippen LogP contribution in [0.2, 0.25) is 0 Å². The monoisotopic (exact) mass is 314 g/mol. The maximum atomic E-state index is 12.6. The van der Waals surface area contributed by atoms with E-state index in [1.54, 1.807) is 0 Å². The Morgan fingerprint density at radius 3 is 2.78 bits per heavy atom. The molecule has 4 nitrogen and oxygen atoms in total. The Morgan fingerprint density at radius 1 is 1.17 bits per heavy atom. The number of hydrogen-bond donors (Lipinski definition) is 1. The first-order valence-corrected chi connectivity index (χ1v) is 8.98. The van der Waals surface area contributed by atoms with Crippen LogP contribution in [0, 0.1) is 11.8 Å². The highest BCUT2D eigenvalue weighted by Crippen LogP contribution is 2.34. The number of carbonyl (C=O) groups excluding carboxylic acids is 1. The van der Waals surface area contributed by atoms with E-state index >= 15 is 0 Å². The smallest absolute Gasteiger partial charge is 0.225 e. The molecule has 0 unspecified atom stereocenters. The Bertz CT molecular complexity index is 544. The summed E-state index contributed by atoms with van der Waals surface area (Å²) in [5, 5.41) is 3.21. The van der Waals surface area contributed by atoms with E-state index in [1.165, 1.54) is 5.56 Å². The van der Waals surface area contributed by atoms with E-state index in [1.807, 2.05) is 0 Å². The lowest BCUT2D eigenvalue weighted by atomic mass is 9.82. The fraction of sp³-hybridized carbons (Fsp3) is 0.632. The molecule has 3 fully saturated rings. The van der Waals surface area contributed by atoms with Crippen LogP contribution in [0.5, 0.6) is 0 Å². The standard InChI is InChI=1S/C19H26N2O2/c22-19(20-15-6-7-15)17-12-21(13-18-16(17)9-11-23-18)10-8-14-4-2-1-3-5-14/h1-5,15-18H,6-13H2,(H,20,22)/t16-,17-,18+/m1/s1. The fourth-order valence-electron chi connectivity index (χ4n) is 3.98. The highest BCUT2D eigenvalue weighted by molar-refractivity contribution is 5.80. The molecular formula is C19H26N2O2. The molecule has 2 aliphatic heterocycles. The molecule has 3 atom stereocenters. The molecule has 4 rings (SSSR count). The van der Waals surface area contributed by atoms with Crippen LogP contribution in [0.15, 0.2) is 30.3 Å². The van der Waals surface area contributed by atoms with Gasteiger partial charge < -0.3 is 10.1 Å². The molecule has 0 radical (unpaired) electrons. The summed E-state index contributed by atoms with van der Waals surface area (Å²) in [5.41, 5.74) is 1.36. The molecule has 23 heavy (non-hydrogen) atoms. The lowest BCUT2D eigenvalue weighted by Crippen LogP contribution is -2.53. The fourth-order valence-corrected chi connectivity index (χ4v) is 3.98. The molecule has 1 aromatic rings. The van der Waals surface area contributed by atoms with Gasteiger partial charge in [-0.25, -0.2) is 0 Å². The van der Waals surface area contributed by atoms with Crippen LogP contribution in [-0.2, 0) is 16.0 Å². The zero-order valence-corrected chi connectivity index (χ0v) is 13.6. The van der Waals surface area contributed by atoms with Crippen LogP contribution in [-0.4, -0.2) is 49.2 Å². The third-order valence-corrected chi connectivity index (χ3v) is 5.49. The summed E-state index contributed by atoms with van der Waals surface area (Å²) in [6, 6.07) is 11.0. The molecule has 1 aliphatic carbocycles. The van der Waals surface area contributed by atoms with Gasteiger partial charge in [0.25, 0.3) is 0 Å². The molecule has 2 heterocycles. The molecule has 1 aromatic carbocycles. The topological polar surface area (TPSA) is 41.6 Å². The van der Waals surface area contributed by atoms with Gasteiger partial charge in [-0.05, 0) is 31.2 Å². The van der Waals surface area contributed by atoms with Gasteiger partial charge in [-0.15, -0.1) is 0 Å². The number of carbonyl (C=O) groups is 1. The number of nitrogens with one attached hydrogen (secondary N) is 1. The molecule has 1 saturated carbocycles. The second-order valence-corrected chi connectivity index (χ2v) is 7.25. The van der Waals surface area contributed by atoms with E-state index in [0.29, 0.717) is 12.0 Å². The Hall–Kier alpha value is -1.39. The van der Waals surface area contributed by atoms with Crippen LogP contribution in [0.3, 0.4) is 0 Å². The quantitative estimate of drug-likeness (QED) is 0.902. The summed E-state index contributed by atoms with van der Waals surface area (Å²) in [7, 11) is 0. The highest BCUT2D eigenvalue weighted by atomic mass is 16.5. The summed E-state index contributed by atoms with van der Waals surface area (Å²) >= 11 is 0. The van der Waals surface area contributed by atoms with Gasteiger partial charge >= 0.3 is 0 Å². The summed E-state index contributed by atoms with van der Waals surface area (Å²) in [6.45, 7) is 3.68. The molecule has 4 heteroatoms. The molecule has 0 spiro atoms. The van der Waals surface area contributed by atoms with Gasteiger partial charge in [-0.1, -0.05) is 30.3 Å². The van der Waals surface area contributed by atoms with Crippen molar-refractivity contribution < 1.29 is 9.53 Å². The third-order valence-electron chi connectivity index (χ3n) is 5.49. The number of piperidine rings is 1. The van der Waals surface area contributed by atoms with Gasteiger partial charge in [-0.2, -0.15) is 0 Å². The summed E-state index contributed by atoms with van der Waals surface area (Å²) in [5.74, 6) is 0.784. The second kappa shape index (κ2) is 6.62. The SMILES string of the molecule is O=C(NC1CC1)[C@@H]1CN(CCc2ccccc2)C[C@@H]2OCC[C@@H]21. The number of rotatable bonds is 5. The van der Waals surface area contributed by atoms with Crippen LogP contribution >= 0.6 is 0 Å².